The molecular weight excluding hydrogens is 299 g/mol. The lowest BCUT2D eigenvalue weighted by molar-refractivity contribution is -0.123. The number of hydrogen-bond donors (Lipinski definition) is 2. The number of rotatable bonds is 6. The molecule has 2 rings (SSSR count). The fourth-order valence-corrected chi connectivity index (χ4v) is 1.69. The summed E-state index contributed by atoms with van der Waals surface area (Å²) in [4.78, 5) is 11.5. The van der Waals surface area contributed by atoms with Crippen molar-refractivity contribution in [3.05, 3.63) is 42.2 Å². The van der Waals surface area contributed by atoms with E-state index in [1.54, 1.807) is 29.2 Å². The smallest absolute Gasteiger partial charge is 0.383 e. The molecule has 1 aromatic heterocycles. The maximum Gasteiger partial charge on any atom is 0.405 e. The Balaban J connectivity index is 1.80. The van der Waals surface area contributed by atoms with Crippen molar-refractivity contribution >= 4 is 11.6 Å². The lowest BCUT2D eigenvalue weighted by Gasteiger charge is -2.09. The second-order valence-corrected chi connectivity index (χ2v) is 4.47. The maximum atomic E-state index is 12.0. The third kappa shape index (κ3) is 5.08. The van der Waals surface area contributed by atoms with Crippen molar-refractivity contribution in [2.45, 2.75) is 12.7 Å². The van der Waals surface area contributed by atoms with Crippen LogP contribution in [0.5, 0.6) is 0 Å². The van der Waals surface area contributed by atoms with Gasteiger partial charge in [-0.3, -0.25) is 9.48 Å². The minimum Gasteiger partial charge on any atom is -0.383 e. The Bertz CT molecular complexity index is 595. The minimum atomic E-state index is -4.42. The summed E-state index contributed by atoms with van der Waals surface area (Å²) in [6.45, 7) is -0.124. The molecule has 0 aliphatic heterocycles. The quantitative estimate of drug-likeness (QED) is 0.851. The standard InChI is InChI=1S/C13H14F3N5O/c14-13(15,16)9-18-12(22)10-1-3-11(4-2-10)17-5-7-21-8-6-19-20-21/h1-4,6,8,17H,5,7,9H2,(H,18,22). The number of halogens is 3. The zero-order chi connectivity index (χ0) is 16.0. The molecule has 1 heterocycles. The topological polar surface area (TPSA) is 71.8 Å². The van der Waals surface area contributed by atoms with Crippen LogP contribution in [0.2, 0.25) is 0 Å². The second kappa shape index (κ2) is 6.92. The number of carbonyl (C=O) groups is 1. The van der Waals surface area contributed by atoms with Crippen molar-refractivity contribution in [3.8, 4) is 0 Å². The number of benzene rings is 1. The van der Waals surface area contributed by atoms with Gasteiger partial charge >= 0.3 is 6.18 Å². The van der Waals surface area contributed by atoms with E-state index in [9.17, 15) is 18.0 Å². The molecule has 0 radical (unpaired) electrons. The van der Waals surface area contributed by atoms with E-state index in [1.165, 1.54) is 12.1 Å². The van der Waals surface area contributed by atoms with Crippen molar-refractivity contribution in [1.29, 1.82) is 0 Å². The lowest BCUT2D eigenvalue weighted by Crippen LogP contribution is -2.33. The molecule has 22 heavy (non-hydrogen) atoms. The summed E-state index contributed by atoms with van der Waals surface area (Å²) >= 11 is 0. The number of amides is 1. The predicted octanol–water partition coefficient (Wildman–Crippen LogP) is 1.68. The van der Waals surface area contributed by atoms with Gasteiger partial charge in [-0.05, 0) is 24.3 Å². The molecule has 6 nitrogen and oxygen atoms in total. The molecule has 0 unspecified atom stereocenters. The zero-order valence-electron chi connectivity index (χ0n) is 11.5. The molecule has 0 aliphatic rings. The van der Waals surface area contributed by atoms with Gasteiger partial charge in [0.1, 0.15) is 6.54 Å². The largest absolute Gasteiger partial charge is 0.405 e. The first-order valence-corrected chi connectivity index (χ1v) is 6.47. The van der Waals surface area contributed by atoms with Crippen LogP contribution in [0, 0.1) is 0 Å². The number of carbonyl (C=O) groups excluding carboxylic acids is 1. The number of nitrogens with one attached hydrogen (secondary N) is 2. The molecule has 2 N–H and O–H groups in total. The minimum absolute atomic E-state index is 0.172. The summed E-state index contributed by atoms with van der Waals surface area (Å²) in [5, 5.41) is 12.4. The molecule has 118 valence electrons. The number of hydrogen-bond acceptors (Lipinski definition) is 4. The maximum absolute atomic E-state index is 12.0. The van der Waals surface area contributed by atoms with Gasteiger partial charge in [0.05, 0.1) is 12.7 Å². The summed E-state index contributed by atoms with van der Waals surface area (Å²) in [5.41, 5.74) is 0.929. The molecule has 0 spiro atoms. The highest BCUT2D eigenvalue weighted by molar-refractivity contribution is 5.94. The van der Waals surface area contributed by atoms with Gasteiger partial charge in [0, 0.05) is 24.0 Å². The van der Waals surface area contributed by atoms with E-state index in [-0.39, 0.29) is 5.56 Å². The van der Waals surface area contributed by atoms with Crippen LogP contribution in [-0.2, 0) is 6.54 Å². The van der Waals surface area contributed by atoms with E-state index < -0.39 is 18.6 Å². The molecule has 0 aliphatic carbocycles. The van der Waals surface area contributed by atoms with Crippen LogP contribution in [0.15, 0.2) is 36.7 Å². The Morgan fingerprint density at radius 1 is 1.23 bits per heavy atom. The average molecular weight is 313 g/mol. The van der Waals surface area contributed by atoms with Gasteiger partial charge in [0.25, 0.3) is 5.91 Å². The number of alkyl halides is 3. The molecular formula is C13H14F3N5O. The first kappa shape index (κ1) is 15.8. The van der Waals surface area contributed by atoms with E-state index >= 15 is 0 Å². The molecule has 1 amide bonds. The van der Waals surface area contributed by atoms with Crippen molar-refractivity contribution in [3.63, 3.8) is 0 Å². The highest BCUT2D eigenvalue weighted by atomic mass is 19.4. The Kier molecular flexibility index (Phi) is 4.97. The molecule has 0 fully saturated rings. The summed E-state index contributed by atoms with van der Waals surface area (Å²) < 4.78 is 37.7. The Hall–Kier alpha value is -2.58. The van der Waals surface area contributed by atoms with Crippen LogP contribution in [0.3, 0.4) is 0 Å². The highest BCUT2D eigenvalue weighted by Gasteiger charge is 2.27. The predicted molar refractivity (Wildman–Crippen MR) is 73.3 cm³/mol. The fraction of sp³-hybridized carbons (Fsp3) is 0.308. The second-order valence-electron chi connectivity index (χ2n) is 4.47. The van der Waals surface area contributed by atoms with E-state index in [4.69, 9.17) is 0 Å². The Morgan fingerprint density at radius 3 is 2.55 bits per heavy atom. The molecule has 0 saturated carbocycles. The SMILES string of the molecule is O=C(NCC(F)(F)F)c1ccc(NCCn2ccnn2)cc1. The van der Waals surface area contributed by atoms with Gasteiger partial charge < -0.3 is 10.6 Å². The third-order valence-corrected chi connectivity index (χ3v) is 2.74. The van der Waals surface area contributed by atoms with Crippen LogP contribution < -0.4 is 10.6 Å². The van der Waals surface area contributed by atoms with Gasteiger partial charge in [-0.2, -0.15) is 13.2 Å². The molecule has 1 aromatic carbocycles. The third-order valence-electron chi connectivity index (χ3n) is 2.74. The van der Waals surface area contributed by atoms with Crippen LogP contribution >= 0.6 is 0 Å². The monoisotopic (exact) mass is 313 g/mol. The van der Waals surface area contributed by atoms with E-state index in [2.05, 4.69) is 15.6 Å². The van der Waals surface area contributed by atoms with Crippen molar-refractivity contribution < 1.29 is 18.0 Å². The van der Waals surface area contributed by atoms with Gasteiger partial charge in [0.2, 0.25) is 0 Å². The number of anilines is 1. The van der Waals surface area contributed by atoms with Crippen molar-refractivity contribution in [1.82, 2.24) is 20.3 Å². The highest BCUT2D eigenvalue weighted by Crippen LogP contribution is 2.13. The first-order chi connectivity index (χ1) is 10.4. The summed E-state index contributed by atoms with van der Waals surface area (Å²) in [6, 6.07) is 6.18. The van der Waals surface area contributed by atoms with E-state index in [0.29, 0.717) is 13.1 Å². The number of aromatic nitrogens is 3. The van der Waals surface area contributed by atoms with Gasteiger partial charge in [-0.1, -0.05) is 5.21 Å². The zero-order valence-corrected chi connectivity index (χ0v) is 11.5. The van der Waals surface area contributed by atoms with Crippen LogP contribution in [-0.4, -0.2) is 40.2 Å². The van der Waals surface area contributed by atoms with Crippen molar-refractivity contribution in [2.75, 3.05) is 18.4 Å². The average Bonchev–Trinajstić information content (AvgIpc) is 2.98. The first-order valence-electron chi connectivity index (χ1n) is 6.47. The normalized spacial score (nSPS) is 11.2. The van der Waals surface area contributed by atoms with E-state index in [1.807, 2.05) is 5.32 Å². The van der Waals surface area contributed by atoms with E-state index in [0.717, 1.165) is 5.69 Å². The van der Waals surface area contributed by atoms with Gasteiger partial charge in [-0.25, -0.2) is 0 Å². The van der Waals surface area contributed by atoms with Crippen LogP contribution in [0.1, 0.15) is 10.4 Å². The summed E-state index contributed by atoms with van der Waals surface area (Å²) in [5.74, 6) is -0.758. The van der Waals surface area contributed by atoms with Crippen LogP contribution in [0.25, 0.3) is 0 Å². The van der Waals surface area contributed by atoms with Crippen LogP contribution in [0.4, 0.5) is 18.9 Å². The molecule has 0 atom stereocenters. The Labute approximate surface area is 124 Å². The van der Waals surface area contributed by atoms with Crippen molar-refractivity contribution in [2.24, 2.45) is 0 Å². The van der Waals surface area contributed by atoms with Gasteiger partial charge in [-0.15, -0.1) is 5.10 Å². The molecule has 2 aromatic rings. The summed E-state index contributed by atoms with van der Waals surface area (Å²) in [6.07, 6.45) is -1.11. The fourth-order valence-electron chi connectivity index (χ4n) is 1.69. The van der Waals surface area contributed by atoms with Gasteiger partial charge in [0.15, 0.2) is 0 Å². The summed E-state index contributed by atoms with van der Waals surface area (Å²) in [7, 11) is 0. The lowest BCUT2D eigenvalue weighted by atomic mass is 10.2. The molecule has 0 saturated heterocycles. The molecule has 9 heteroatoms. The Morgan fingerprint density at radius 2 is 1.95 bits per heavy atom. The molecule has 0 bridgehead atoms. The number of nitrogens with zero attached hydrogens (tertiary/aromatic N) is 3.